The topological polar surface area (TPSA) is 12.0 Å². The summed E-state index contributed by atoms with van der Waals surface area (Å²) in [4.78, 5) is 0. The predicted octanol–water partition coefficient (Wildman–Crippen LogP) is 2.19. The van der Waals surface area contributed by atoms with E-state index in [4.69, 9.17) is 0 Å². The molecule has 1 heteroatoms. The highest BCUT2D eigenvalue weighted by Gasteiger charge is 2.07. The van der Waals surface area contributed by atoms with Crippen LogP contribution in [-0.4, -0.2) is 7.05 Å². The third kappa shape index (κ3) is 2.85. The van der Waals surface area contributed by atoms with Gasteiger partial charge in [0.25, 0.3) is 0 Å². The zero-order chi connectivity index (χ0) is 7.33. The van der Waals surface area contributed by atoms with Crippen molar-refractivity contribution in [1.29, 1.82) is 0 Å². The van der Waals surface area contributed by atoms with Crippen molar-refractivity contribution in [3.8, 4) is 0 Å². The lowest BCUT2D eigenvalue weighted by molar-refractivity contribution is 0.341. The number of hydrogen-bond acceptors (Lipinski definition) is 1. The molecule has 0 atom stereocenters. The van der Waals surface area contributed by atoms with E-state index in [-0.39, 0.29) is 0 Å². The average molecular weight is 128 g/mol. The van der Waals surface area contributed by atoms with E-state index in [9.17, 15) is 0 Å². The summed E-state index contributed by atoms with van der Waals surface area (Å²) in [7, 11) is 1.96. The number of nitrogens with one attached hydrogen (secondary N) is 1. The molecular formula is C8H18N-. The molecule has 0 rings (SSSR count). The van der Waals surface area contributed by atoms with Crippen LogP contribution in [0.4, 0.5) is 0 Å². The third-order valence-electron chi connectivity index (χ3n) is 2.11. The molecule has 0 saturated heterocycles. The van der Waals surface area contributed by atoms with Crippen LogP contribution in [0.5, 0.6) is 0 Å². The second-order valence-electron chi connectivity index (χ2n) is 2.79. The summed E-state index contributed by atoms with van der Waals surface area (Å²) in [6.07, 6.45) is 2.43. The lowest BCUT2D eigenvalue weighted by atomic mass is 9.85. The van der Waals surface area contributed by atoms with Crippen LogP contribution in [0.2, 0.25) is 0 Å². The highest BCUT2D eigenvalue weighted by Crippen LogP contribution is 2.26. The van der Waals surface area contributed by atoms with Gasteiger partial charge in [0.2, 0.25) is 0 Å². The minimum Gasteiger partial charge on any atom is -0.472 e. The summed E-state index contributed by atoms with van der Waals surface area (Å²) in [5.74, 6) is 0. The number of hydrogen-bond donors (Lipinski definition) is 1. The fourth-order valence-corrected chi connectivity index (χ4v) is 0.803. The molecule has 0 unspecified atom stereocenters. The molecule has 0 saturated carbocycles. The minimum absolute atomic E-state index is 0.398. The molecule has 1 N–H and O–H groups in total. The van der Waals surface area contributed by atoms with Crippen LogP contribution in [0.3, 0.4) is 0 Å². The zero-order valence-electron chi connectivity index (χ0n) is 6.99. The van der Waals surface area contributed by atoms with Gasteiger partial charge in [-0.15, -0.1) is 5.41 Å². The molecule has 1 nitrogen and oxygen atoms in total. The Balaban J connectivity index is 3.62. The molecule has 56 valence electrons. The Kier molecular flexibility index (Phi) is 3.87. The van der Waals surface area contributed by atoms with Crippen molar-refractivity contribution in [2.24, 2.45) is 5.41 Å². The first kappa shape index (κ1) is 8.96. The molecule has 0 aliphatic carbocycles. The largest absolute Gasteiger partial charge is 0.472 e. The van der Waals surface area contributed by atoms with E-state index in [1.165, 1.54) is 12.8 Å². The molecule has 0 heterocycles. The minimum atomic E-state index is 0.398. The predicted molar refractivity (Wildman–Crippen MR) is 42.0 cm³/mol. The van der Waals surface area contributed by atoms with Crippen LogP contribution < -0.4 is 5.32 Å². The fraction of sp³-hybridized carbons (Fsp3) is 0.875. The lowest BCUT2D eigenvalue weighted by Gasteiger charge is -2.37. The summed E-state index contributed by atoms with van der Waals surface area (Å²) in [6.45, 7) is 8.88. The Labute approximate surface area is 58.8 Å². The molecule has 0 aliphatic heterocycles. The van der Waals surface area contributed by atoms with E-state index in [1.807, 2.05) is 7.05 Å². The summed E-state index contributed by atoms with van der Waals surface area (Å²) in [6, 6.07) is 0. The molecule has 0 fully saturated rings. The van der Waals surface area contributed by atoms with E-state index >= 15 is 0 Å². The quantitative estimate of drug-likeness (QED) is 0.572. The maximum Gasteiger partial charge on any atom is -0.0447 e. The Morgan fingerprint density at radius 1 is 1.33 bits per heavy atom. The molecule has 0 aromatic rings. The second-order valence-corrected chi connectivity index (χ2v) is 2.79. The van der Waals surface area contributed by atoms with Crippen molar-refractivity contribution in [1.82, 2.24) is 5.32 Å². The molecule has 0 aromatic carbocycles. The normalized spacial score (nSPS) is 12.0. The van der Waals surface area contributed by atoms with Gasteiger partial charge in [0.1, 0.15) is 0 Å². The fourth-order valence-electron chi connectivity index (χ4n) is 0.803. The van der Waals surface area contributed by atoms with Crippen molar-refractivity contribution in [3.63, 3.8) is 0 Å². The van der Waals surface area contributed by atoms with Gasteiger partial charge in [0, 0.05) is 0 Å². The van der Waals surface area contributed by atoms with Crippen LogP contribution >= 0.6 is 0 Å². The van der Waals surface area contributed by atoms with Crippen molar-refractivity contribution in [3.05, 3.63) is 6.54 Å². The highest BCUT2D eigenvalue weighted by atomic mass is 14.8. The molecule has 0 spiro atoms. The molecule has 0 amide bonds. The maximum absolute atomic E-state index is 3.09. The van der Waals surface area contributed by atoms with E-state index in [0.29, 0.717) is 5.41 Å². The Morgan fingerprint density at radius 2 is 1.78 bits per heavy atom. The first-order chi connectivity index (χ1) is 4.18. The van der Waals surface area contributed by atoms with Gasteiger partial charge >= 0.3 is 0 Å². The molecule has 0 bridgehead atoms. The molecule has 0 radical (unpaired) electrons. The SMILES string of the molecule is CCC(C)([CH-]NC)CC. The summed E-state index contributed by atoms with van der Waals surface area (Å²) in [5, 5.41) is 3.09. The smallest absolute Gasteiger partial charge is 0.0447 e. The van der Waals surface area contributed by atoms with Gasteiger partial charge in [-0.05, 0) is 7.05 Å². The first-order valence-electron chi connectivity index (χ1n) is 3.70. The summed E-state index contributed by atoms with van der Waals surface area (Å²) >= 11 is 0. The van der Waals surface area contributed by atoms with Crippen LogP contribution in [0, 0.1) is 12.0 Å². The van der Waals surface area contributed by atoms with Gasteiger partial charge in [0.15, 0.2) is 0 Å². The maximum atomic E-state index is 3.09. The molecule has 0 aliphatic rings. The Bertz CT molecular complexity index is 65.0. The van der Waals surface area contributed by atoms with Crippen LogP contribution in [-0.2, 0) is 0 Å². The molecule has 0 aromatic heterocycles. The Morgan fingerprint density at radius 3 is 1.89 bits per heavy atom. The first-order valence-corrected chi connectivity index (χ1v) is 3.70. The number of rotatable bonds is 4. The molecule has 9 heavy (non-hydrogen) atoms. The van der Waals surface area contributed by atoms with Crippen LogP contribution in [0.1, 0.15) is 33.6 Å². The van der Waals surface area contributed by atoms with E-state index < -0.39 is 0 Å². The van der Waals surface area contributed by atoms with E-state index in [1.54, 1.807) is 0 Å². The van der Waals surface area contributed by atoms with Crippen molar-refractivity contribution in [2.75, 3.05) is 7.05 Å². The third-order valence-corrected chi connectivity index (χ3v) is 2.11. The van der Waals surface area contributed by atoms with Crippen LogP contribution in [0.15, 0.2) is 0 Å². The zero-order valence-corrected chi connectivity index (χ0v) is 6.99. The Hall–Kier alpha value is -0.0400. The van der Waals surface area contributed by atoms with Crippen LogP contribution in [0.25, 0.3) is 0 Å². The van der Waals surface area contributed by atoms with E-state index in [2.05, 4.69) is 32.6 Å². The van der Waals surface area contributed by atoms with Crippen molar-refractivity contribution < 1.29 is 0 Å². The van der Waals surface area contributed by atoms with Gasteiger partial charge in [-0.2, -0.15) is 0 Å². The van der Waals surface area contributed by atoms with Gasteiger partial charge < -0.3 is 5.32 Å². The van der Waals surface area contributed by atoms with Crippen molar-refractivity contribution in [2.45, 2.75) is 33.6 Å². The summed E-state index contributed by atoms with van der Waals surface area (Å²) < 4.78 is 0. The molecular weight excluding hydrogens is 110 g/mol. The van der Waals surface area contributed by atoms with E-state index in [0.717, 1.165) is 0 Å². The average Bonchev–Trinajstić information content (AvgIpc) is 1.89. The van der Waals surface area contributed by atoms with Gasteiger partial charge in [0.05, 0.1) is 0 Å². The standard InChI is InChI=1S/C8H18N/c1-5-8(3,6-2)7-9-4/h7,9H,5-6H2,1-4H3/q-1. The second kappa shape index (κ2) is 3.89. The monoisotopic (exact) mass is 128 g/mol. The van der Waals surface area contributed by atoms with Gasteiger partial charge in [-0.1, -0.05) is 33.6 Å². The summed E-state index contributed by atoms with van der Waals surface area (Å²) in [5.41, 5.74) is 0.398. The lowest BCUT2D eigenvalue weighted by Crippen LogP contribution is -2.22. The van der Waals surface area contributed by atoms with Gasteiger partial charge in [-0.3, -0.25) is 6.54 Å². The van der Waals surface area contributed by atoms with Crippen molar-refractivity contribution >= 4 is 0 Å². The highest BCUT2D eigenvalue weighted by molar-refractivity contribution is 4.82. The van der Waals surface area contributed by atoms with Gasteiger partial charge in [-0.25, -0.2) is 0 Å².